The van der Waals surface area contributed by atoms with Crippen molar-refractivity contribution in [2.24, 2.45) is 0 Å². The zero-order valence-electron chi connectivity index (χ0n) is 21.0. The monoisotopic (exact) mass is 503 g/mol. The Labute approximate surface area is 214 Å². The van der Waals surface area contributed by atoms with Crippen LogP contribution in [0.15, 0.2) is 55.2 Å². The van der Waals surface area contributed by atoms with E-state index in [1.807, 2.05) is 31.5 Å². The van der Waals surface area contributed by atoms with Crippen molar-refractivity contribution in [3.63, 3.8) is 0 Å². The molecule has 1 saturated heterocycles. The Morgan fingerprint density at radius 1 is 1.08 bits per heavy atom. The number of aromatic nitrogens is 1. The topological polar surface area (TPSA) is 52.2 Å². The molecular formula is C29H34FN5S. The molecule has 0 aliphatic carbocycles. The molecule has 2 aliphatic rings. The molecule has 0 radical (unpaired) electrons. The molecule has 1 unspecified atom stereocenters. The number of nitrogens with zero attached hydrogens (tertiary/aromatic N) is 2. The maximum atomic E-state index is 15.4. The van der Waals surface area contributed by atoms with Gasteiger partial charge in [-0.15, -0.1) is 0 Å². The number of benzene rings is 2. The van der Waals surface area contributed by atoms with Crippen LogP contribution in [0.4, 0.5) is 15.9 Å². The van der Waals surface area contributed by atoms with Gasteiger partial charge in [0.1, 0.15) is 11.6 Å². The van der Waals surface area contributed by atoms with Crippen LogP contribution < -0.4 is 20.3 Å². The third-order valence-corrected chi connectivity index (χ3v) is 7.77. The molecule has 0 saturated carbocycles. The highest BCUT2D eigenvalue weighted by atomic mass is 32.2. The lowest BCUT2D eigenvalue weighted by atomic mass is 9.93. The maximum absolute atomic E-state index is 15.4. The van der Waals surface area contributed by atoms with Crippen LogP contribution in [-0.2, 0) is 6.42 Å². The molecule has 3 heterocycles. The number of anilines is 2. The van der Waals surface area contributed by atoms with Gasteiger partial charge >= 0.3 is 0 Å². The fourth-order valence-corrected chi connectivity index (χ4v) is 6.16. The van der Waals surface area contributed by atoms with E-state index in [9.17, 15) is 0 Å². The fourth-order valence-electron chi connectivity index (χ4n) is 5.17. The summed E-state index contributed by atoms with van der Waals surface area (Å²) in [5.74, 6) is 8.77. The quantitative estimate of drug-likeness (QED) is 0.409. The second-order valence-corrected chi connectivity index (χ2v) is 12.7. The summed E-state index contributed by atoms with van der Waals surface area (Å²) in [5, 5.41) is 6.51. The molecule has 2 aliphatic heterocycles. The van der Waals surface area contributed by atoms with Crippen molar-refractivity contribution >= 4 is 38.3 Å². The van der Waals surface area contributed by atoms with Gasteiger partial charge in [-0.2, -0.15) is 9.39 Å². The van der Waals surface area contributed by atoms with Crippen LogP contribution in [0.1, 0.15) is 17.5 Å². The highest BCUT2D eigenvalue weighted by Gasteiger charge is 2.24. The van der Waals surface area contributed by atoms with E-state index in [0.717, 1.165) is 71.9 Å². The zero-order chi connectivity index (χ0) is 25.4. The molecule has 0 amide bonds. The van der Waals surface area contributed by atoms with Crippen molar-refractivity contribution in [2.75, 3.05) is 43.2 Å². The second-order valence-electron chi connectivity index (χ2n) is 9.89. The molecule has 3 aromatic rings. The van der Waals surface area contributed by atoms with Gasteiger partial charge in [-0.1, -0.05) is 36.5 Å². The predicted octanol–water partition coefficient (Wildman–Crippen LogP) is 5.09. The highest BCUT2D eigenvalue weighted by molar-refractivity contribution is 8.25. The van der Waals surface area contributed by atoms with Crippen LogP contribution in [-0.4, -0.2) is 55.7 Å². The number of nitrogens with one attached hydrogen (secondary N) is 3. The molecule has 0 spiro atoms. The van der Waals surface area contributed by atoms with Crippen LogP contribution in [0.2, 0.25) is 0 Å². The van der Waals surface area contributed by atoms with Gasteiger partial charge in [-0.05, 0) is 54.5 Å². The van der Waals surface area contributed by atoms with E-state index in [4.69, 9.17) is 0 Å². The van der Waals surface area contributed by atoms with E-state index >= 15 is 4.39 Å². The first-order valence-electron chi connectivity index (χ1n) is 12.2. The van der Waals surface area contributed by atoms with Gasteiger partial charge < -0.3 is 15.5 Å². The van der Waals surface area contributed by atoms with E-state index in [2.05, 4.69) is 61.8 Å². The summed E-state index contributed by atoms with van der Waals surface area (Å²) in [6, 6.07) is 14.2. The van der Waals surface area contributed by atoms with Crippen molar-refractivity contribution in [3.05, 3.63) is 72.2 Å². The van der Waals surface area contributed by atoms with Crippen LogP contribution in [0.3, 0.4) is 0 Å². The number of hydrogen-bond acceptors (Lipinski definition) is 5. The highest BCUT2D eigenvalue weighted by Crippen LogP contribution is 2.35. The molecule has 3 N–H and O–H groups in total. The lowest BCUT2D eigenvalue weighted by Crippen LogP contribution is -2.30. The molecule has 5 nitrogen and oxygen atoms in total. The SMILES string of the molecule is C=C1NCCc2cc(-c3cc(-c4ccc(N5CCC(NS(=C)(=C)C)C5)cc4F)cnc3NC)ccc21. The molecule has 7 heteroatoms. The molecule has 36 heavy (non-hydrogen) atoms. The Bertz CT molecular complexity index is 1430. The number of halogens is 1. The number of fused-ring (bicyclic) bond motifs is 1. The van der Waals surface area contributed by atoms with E-state index in [0.29, 0.717) is 11.6 Å². The Morgan fingerprint density at radius 2 is 1.89 bits per heavy atom. The van der Waals surface area contributed by atoms with Crippen LogP contribution in [0, 0.1) is 5.82 Å². The van der Waals surface area contributed by atoms with Gasteiger partial charge in [0.2, 0.25) is 0 Å². The van der Waals surface area contributed by atoms with Crippen LogP contribution in [0.5, 0.6) is 0 Å². The fraction of sp³-hybridized carbons (Fsp3) is 0.276. The first-order chi connectivity index (χ1) is 17.2. The average molecular weight is 504 g/mol. The third kappa shape index (κ3) is 4.99. The zero-order valence-corrected chi connectivity index (χ0v) is 21.9. The first kappa shape index (κ1) is 24.4. The molecule has 0 bridgehead atoms. The molecular weight excluding hydrogens is 469 g/mol. The first-order valence-corrected chi connectivity index (χ1v) is 14.6. The predicted molar refractivity (Wildman–Crippen MR) is 157 cm³/mol. The van der Waals surface area contributed by atoms with Crippen molar-refractivity contribution in [2.45, 2.75) is 18.9 Å². The largest absolute Gasteiger partial charge is 0.385 e. The molecule has 5 rings (SSSR count). The van der Waals surface area contributed by atoms with Gasteiger partial charge in [-0.3, -0.25) is 4.72 Å². The third-order valence-electron chi connectivity index (χ3n) is 6.87. The Morgan fingerprint density at radius 3 is 2.64 bits per heavy atom. The molecule has 2 aromatic carbocycles. The van der Waals surface area contributed by atoms with E-state index < -0.39 is 9.39 Å². The van der Waals surface area contributed by atoms with Crippen molar-refractivity contribution < 1.29 is 4.39 Å². The van der Waals surface area contributed by atoms with E-state index in [1.165, 1.54) is 5.56 Å². The van der Waals surface area contributed by atoms with Gasteiger partial charge in [0.05, 0.1) is 0 Å². The number of hydrogen-bond donors (Lipinski definition) is 3. The average Bonchev–Trinajstić information content (AvgIpc) is 3.30. The van der Waals surface area contributed by atoms with E-state index in [1.54, 1.807) is 12.3 Å². The van der Waals surface area contributed by atoms with Gasteiger partial charge in [0, 0.05) is 72.6 Å². The molecule has 188 valence electrons. The maximum Gasteiger partial charge on any atom is 0.133 e. The normalized spacial score (nSPS) is 17.6. The van der Waals surface area contributed by atoms with Gasteiger partial charge in [0.15, 0.2) is 0 Å². The minimum atomic E-state index is -1.28. The summed E-state index contributed by atoms with van der Waals surface area (Å²) in [7, 11) is 0.583. The second kappa shape index (κ2) is 9.64. The standard InChI is InChI=1S/C29H34FN5S/c1-19-25-8-6-20(14-21(25)10-12-32-19)27-15-22(17-33-29(27)31-2)26-9-7-24(16-28(26)30)35-13-11-23(18-35)34-36(3,4)5/h6-9,14-17,23,32,34H,1,3-4,10-13,18H2,2,5H3,(H,31,33). The summed E-state index contributed by atoms with van der Waals surface area (Å²) in [5.41, 5.74) is 7.58. The van der Waals surface area contributed by atoms with Crippen molar-refractivity contribution in [1.82, 2.24) is 15.0 Å². The van der Waals surface area contributed by atoms with Crippen LogP contribution in [0.25, 0.3) is 28.0 Å². The van der Waals surface area contributed by atoms with Crippen molar-refractivity contribution in [1.29, 1.82) is 0 Å². The van der Waals surface area contributed by atoms with Gasteiger partial charge in [-0.25, -0.2) is 9.37 Å². The van der Waals surface area contributed by atoms with E-state index in [-0.39, 0.29) is 5.82 Å². The summed E-state index contributed by atoms with van der Waals surface area (Å²) in [4.78, 5) is 6.85. The Balaban J connectivity index is 1.44. The Hall–Kier alpha value is -3.29. The summed E-state index contributed by atoms with van der Waals surface area (Å²) >= 11 is 0. The van der Waals surface area contributed by atoms with Gasteiger partial charge in [0.25, 0.3) is 0 Å². The van der Waals surface area contributed by atoms with Crippen LogP contribution >= 0.6 is 9.39 Å². The number of pyridine rings is 1. The summed E-state index contributed by atoms with van der Waals surface area (Å²) < 4.78 is 19.0. The summed E-state index contributed by atoms with van der Waals surface area (Å²) in [6.07, 6.45) is 5.72. The lowest BCUT2D eigenvalue weighted by molar-refractivity contribution is 0.630. The minimum absolute atomic E-state index is 0.244. The molecule has 1 atom stereocenters. The molecule has 1 fully saturated rings. The molecule has 1 aromatic heterocycles. The Kier molecular flexibility index (Phi) is 6.53. The smallest absolute Gasteiger partial charge is 0.133 e. The minimum Gasteiger partial charge on any atom is -0.385 e. The lowest BCUT2D eigenvalue weighted by Gasteiger charge is -2.22. The number of rotatable bonds is 6. The van der Waals surface area contributed by atoms with Crippen molar-refractivity contribution in [3.8, 4) is 22.3 Å². The summed E-state index contributed by atoms with van der Waals surface area (Å²) in [6.45, 7) is 6.71.